The third-order valence-electron chi connectivity index (χ3n) is 5.59. The second-order valence-corrected chi connectivity index (χ2v) is 7.51. The van der Waals surface area contributed by atoms with Crippen molar-refractivity contribution in [2.75, 3.05) is 17.0 Å². The minimum Gasteiger partial charge on any atom is -0.365 e. The van der Waals surface area contributed by atoms with Crippen molar-refractivity contribution in [3.8, 4) is 6.07 Å². The number of rotatable bonds is 4. The summed E-state index contributed by atoms with van der Waals surface area (Å²) in [5.74, 6) is 0.666. The van der Waals surface area contributed by atoms with Crippen LogP contribution in [0.25, 0.3) is 0 Å². The molecule has 1 aromatic carbocycles. The Bertz CT molecular complexity index is 1010. The van der Waals surface area contributed by atoms with E-state index in [9.17, 15) is 10.1 Å². The molecule has 2 aliphatic rings. The zero-order chi connectivity index (χ0) is 21.1. The zero-order valence-electron chi connectivity index (χ0n) is 17.0. The van der Waals surface area contributed by atoms with E-state index in [4.69, 9.17) is 0 Å². The maximum Gasteiger partial charge on any atom is 0.256 e. The summed E-state index contributed by atoms with van der Waals surface area (Å²) in [5, 5.41) is 18.2. The molecule has 0 radical (unpaired) electrons. The van der Waals surface area contributed by atoms with Gasteiger partial charge in [0, 0.05) is 30.4 Å². The first-order valence-corrected chi connectivity index (χ1v) is 9.94. The SMILES string of the molecule is Cc1c(C#N)ccnc1NC1CCC(C)N(C(=O)c2ccccc2N2NC=NN2)C1. The Hall–Kier alpha value is -3.80. The van der Waals surface area contributed by atoms with Gasteiger partial charge in [-0.2, -0.15) is 15.9 Å². The number of amides is 1. The average Bonchev–Trinajstić information content (AvgIpc) is 3.31. The predicted octanol–water partition coefficient (Wildman–Crippen LogP) is 2.14. The summed E-state index contributed by atoms with van der Waals surface area (Å²) >= 11 is 0. The molecule has 1 amide bonds. The van der Waals surface area contributed by atoms with E-state index >= 15 is 0 Å². The molecule has 0 aliphatic carbocycles. The third kappa shape index (κ3) is 3.72. The molecule has 0 spiro atoms. The van der Waals surface area contributed by atoms with Crippen molar-refractivity contribution in [1.29, 1.82) is 5.26 Å². The number of hydrogen-bond donors (Lipinski definition) is 3. The van der Waals surface area contributed by atoms with Crippen molar-refractivity contribution in [2.24, 2.45) is 5.10 Å². The van der Waals surface area contributed by atoms with Crippen LogP contribution < -0.4 is 21.4 Å². The Labute approximate surface area is 175 Å². The molecule has 2 aromatic rings. The van der Waals surface area contributed by atoms with E-state index in [1.54, 1.807) is 17.4 Å². The number of para-hydroxylation sites is 1. The normalized spacial score (nSPS) is 20.3. The second-order valence-electron chi connectivity index (χ2n) is 7.51. The molecular formula is C21H24N8O. The summed E-state index contributed by atoms with van der Waals surface area (Å²) < 4.78 is 0. The number of benzene rings is 1. The maximum absolute atomic E-state index is 13.5. The Kier molecular flexibility index (Phi) is 5.39. The Morgan fingerprint density at radius 1 is 1.30 bits per heavy atom. The highest BCUT2D eigenvalue weighted by Crippen LogP contribution is 2.27. The van der Waals surface area contributed by atoms with Crippen molar-refractivity contribution in [3.05, 3.63) is 53.2 Å². The van der Waals surface area contributed by atoms with Crippen molar-refractivity contribution in [1.82, 2.24) is 20.8 Å². The van der Waals surface area contributed by atoms with Gasteiger partial charge in [-0.3, -0.25) is 10.2 Å². The number of pyridine rings is 1. The lowest BCUT2D eigenvalue weighted by molar-refractivity contribution is 0.0622. The monoisotopic (exact) mass is 404 g/mol. The fourth-order valence-electron chi connectivity index (χ4n) is 3.83. The number of aromatic nitrogens is 1. The number of carbonyl (C=O) groups excluding carboxylic acids is 1. The quantitative estimate of drug-likeness (QED) is 0.716. The summed E-state index contributed by atoms with van der Waals surface area (Å²) in [6, 6.07) is 11.5. The first kappa shape index (κ1) is 19.5. The van der Waals surface area contributed by atoms with Crippen LogP contribution >= 0.6 is 0 Å². The molecule has 0 saturated carbocycles. The Morgan fingerprint density at radius 2 is 2.13 bits per heavy atom. The Balaban J connectivity index is 1.53. The third-order valence-corrected chi connectivity index (χ3v) is 5.59. The van der Waals surface area contributed by atoms with Gasteiger partial charge >= 0.3 is 0 Å². The second kappa shape index (κ2) is 8.29. The van der Waals surface area contributed by atoms with E-state index < -0.39 is 0 Å². The lowest BCUT2D eigenvalue weighted by atomic mass is 9.97. The molecule has 2 aliphatic heterocycles. The summed E-state index contributed by atoms with van der Waals surface area (Å²) in [6.45, 7) is 4.52. The van der Waals surface area contributed by atoms with E-state index in [0.717, 1.165) is 18.4 Å². The van der Waals surface area contributed by atoms with E-state index in [1.807, 2.05) is 36.1 Å². The number of hydrogen-bond acceptors (Lipinski definition) is 8. The molecular weight excluding hydrogens is 380 g/mol. The highest BCUT2D eigenvalue weighted by atomic mass is 16.2. The molecule has 154 valence electrons. The van der Waals surface area contributed by atoms with Gasteiger partial charge in [-0.05, 0) is 44.9 Å². The number of nitrogens with zero attached hydrogens (tertiary/aromatic N) is 5. The van der Waals surface area contributed by atoms with Crippen LogP contribution in [0.15, 0.2) is 41.6 Å². The molecule has 0 bridgehead atoms. The molecule has 1 fully saturated rings. The average molecular weight is 404 g/mol. The molecule has 4 rings (SSSR count). The van der Waals surface area contributed by atoms with Gasteiger partial charge in [-0.1, -0.05) is 12.1 Å². The largest absolute Gasteiger partial charge is 0.365 e. The number of hydrazine groups is 2. The van der Waals surface area contributed by atoms with E-state index in [0.29, 0.717) is 29.2 Å². The van der Waals surface area contributed by atoms with Crippen LogP contribution in [-0.2, 0) is 0 Å². The molecule has 3 heterocycles. The first-order chi connectivity index (χ1) is 14.6. The molecule has 3 N–H and O–H groups in total. The molecule has 1 saturated heterocycles. The minimum absolute atomic E-state index is 0.0319. The number of piperidine rings is 1. The van der Waals surface area contributed by atoms with Crippen LogP contribution in [0, 0.1) is 18.3 Å². The highest BCUT2D eigenvalue weighted by Gasteiger charge is 2.32. The Morgan fingerprint density at radius 3 is 2.90 bits per heavy atom. The fraction of sp³-hybridized carbons (Fsp3) is 0.333. The molecule has 2 unspecified atom stereocenters. The topological polar surface area (TPSA) is 109 Å². The number of carbonyl (C=O) groups is 1. The maximum atomic E-state index is 13.5. The van der Waals surface area contributed by atoms with Gasteiger partial charge in [0.05, 0.1) is 22.9 Å². The van der Waals surface area contributed by atoms with Gasteiger partial charge in [0.15, 0.2) is 0 Å². The van der Waals surface area contributed by atoms with Crippen LogP contribution in [0.4, 0.5) is 11.5 Å². The van der Waals surface area contributed by atoms with Crippen molar-refractivity contribution >= 4 is 23.8 Å². The predicted molar refractivity (Wildman–Crippen MR) is 115 cm³/mol. The highest BCUT2D eigenvalue weighted by molar-refractivity contribution is 6.00. The number of likely N-dealkylation sites (tertiary alicyclic amines) is 1. The molecule has 2 atom stereocenters. The molecule has 1 aromatic heterocycles. The summed E-state index contributed by atoms with van der Waals surface area (Å²) in [7, 11) is 0. The smallest absolute Gasteiger partial charge is 0.256 e. The summed E-state index contributed by atoms with van der Waals surface area (Å²) in [6.07, 6.45) is 4.96. The van der Waals surface area contributed by atoms with Gasteiger partial charge in [0.2, 0.25) is 0 Å². The fourth-order valence-corrected chi connectivity index (χ4v) is 3.83. The van der Waals surface area contributed by atoms with Gasteiger partial charge in [0.25, 0.3) is 5.91 Å². The van der Waals surface area contributed by atoms with E-state index in [-0.39, 0.29) is 18.0 Å². The van der Waals surface area contributed by atoms with Crippen molar-refractivity contribution in [3.63, 3.8) is 0 Å². The molecule has 9 heteroatoms. The summed E-state index contributed by atoms with van der Waals surface area (Å²) in [5.41, 5.74) is 8.50. The number of hydrazone groups is 1. The lowest BCUT2D eigenvalue weighted by Gasteiger charge is -2.39. The first-order valence-electron chi connectivity index (χ1n) is 9.94. The van der Waals surface area contributed by atoms with Crippen LogP contribution in [0.2, 0.25) is 0 Å². The van der Waals surface area contributed by atoms with E-state index in [1.165, 1.54) is 6.34 Å². The zero-order valence-corrected chi connectivity index (χ0v) is 17.0. The number of anilines is 2. The standard InChI is InChI=1S/C21H24N8O/c1-14-7-8-17(26-20-15(2)16(11-22)9-10-23-20)12-28(14)21(30)18-5-3-4-6-19(18)29-25-13-24-27-29/h3-6,9-10,13-14,17,27H,7-8,12H2,1-2H3,(H,23,26)(H,24,25). The van der Waals surface area contributed by atoms with Gasteiger partial charge in [-0.15, -0.1) is 5.10 Å². The van der Waals surface area contributed by atoms with Crippen molar-refractivity contribution in [2.45, 2.75) is 38.8 Å². The van der Waals surface area contributed by atoms with Crippen LogP contribution in [-0.4, -0.2) is 40.8 Å². The molecule has 30 heavy (non-hydrogen) atoms. The number of nitrogens with one attached hydrogen (secondary N) is 3. The minimum atomic E-state index is -0.0319. The molecule has 9 nitrogen and oxygen atoms in total. The van der Waals surface area contributed by atoms with Gasteiger partial charge in [-0.25, -0.2) is 4.98 Å². The van der Waals surface area contributed by atoms with Crippen molar-refractivity contribution < 1.29 is 4.79 Å². The van der Waals surface area contributed by atoms with Crippen LogP contribution in [0.5, 0.6) is 0 Å². The van der Waals surface area contributed by atoms with E-state index in [2.05, 4.69) is 39.4 Å². The number of nitriles is 1. The lowest BCUT2D eigenvalue weighted by Crippen LogP contribution is -2.50. The van der Waals surface area contributed by atoms with Crippen LogP contribution in [0.3, 0.4) is 0 Å². The summed E-state index contributed by atoms with van der Waals surface area (Å²) in [4.78, 5) is 19.8. The van der Waals surface area contributed by atoms with Gasteiger partial charge < -0.3 is 10.2 Å². The van der Waals surface area contributed by atoms with Gasteiger partial charge in [0.1, 0.15) is 12.2 Å². The van der Waals surface area contributed by atoms with Crippen LogP contribution in [0.1, 0.15) is 41.3 Å².